The minimum Gasteiger partial charge on any atom is -0.365 e. The van der Waals surface area contributed by atoms with Gasteiger partial charge in [0.1, 0.15) is 0 Å². The minimum absolute atomic E-state index is 0.464. The van der Waals surface area contributed by atoms with Crippen molar-refractivity contribution >= 4 is 16.9 Å². The smallest absolute Gasteiger partial charge is 0.156 e. The zero-order chi connectivity index (χ0) is 13.6. The highest BCUT2D eigenvalue weighted by molar-refractivity contribution is 8.13. The Morgan fingerprint density at radius 3 is 2.58 bits per heavy atom. The summed E-state index contributed by atoms with van der Waals surface area (Å²) >= 11 is 1.93. The molecule has 2 aliphatic rings. The molecule has 2 aliphatic heterocycles. The van der Waals surface area contributed by atoms with Gasteiger partial charge in [0.25, 0.3) is 0 Å². The number of hydrogen-bond acceptors (Lipinski definition) is 4. The number of nitrogens with zero attached hydrogens (tertiary/aromatic N) is 2. The Bertz CT molecular complexity index is 294. The lowest BCUT2D eigenvalue weighted by atomic mass is 9.84. The number of nitrogens with one attached hydrogen (secondary N) is 1. The molecule has 0 amide bonds. The van der Waals surface area contributed by atoms with Crippen LogP contribution in [0.5, 0.6) is 0 Å². The van der Waals surface area contributed by atoms with Crippen LogP contribution in [0, 0.1) is 5.41 Å². The molecule has 4 heteroatoms. The van der Waals surface area contributed by atoms with Gasteiger partial charge in [0.05, 0.1) is 0 Å². The van der Waals surface area contributed by atoms with Crippen LogP contribution in [-0.2, 0) is 0 Å². The second-order valence-corrected chi connectivity index (χ2v) is 6.91. The summed E-state index contributed by atoms with van der Waals surface area (Å²) in [5, 5.41) is 4.70. The third-order valence-electron chi connectivity index (χ3n) is 4.70. The van der Waals surface area contributed by atoms with Crippen molar-refractivity contribution in [2.45, 2.75) is 46.0 Å². The van der Waals surface area contributed by atoms with Crippen LogP contribution in [0.4, 0.5) is 0 Å². The van der Waals surface area contributed by atoms with Crippen molar-refractivity contribution in [3.8, 4) is 0 Å². The Morgan fingerprint density at radius 1 is 1.26 bits per heavy atom. The van der Waals surface area contributed by atoms with Crippen LogP contribution < -0.4 is 5.32 Å². The van der Waals surface area contributed by atoms with Crippen LogP contribution in [0.25, 0.3) is 0 Å². The standard InChI is InChI=1S/C15H29N3S/c1-3-15(4-2)12-17-14(19-13-15)16-8-7-11-18-9-5-6-10-18/h3-13H2,1-2H3,(H,16,17). The van der Waals surface area contributed by atoms with E-state index in [9.17, 15) is 0 Å². The average molecular weight is 283 g/mol. The van der Waals surface area contributed by atoms with Crippen molar-refractivity contribution in [2.24, 2.45) is 10.4 Å². The SMILES string of the molecule is CCC1(CC)CN=C(NCCCN2CCCC2)SC1. The minimum atomic E-state index is 0.464. The number of rotatable bonds is 6. The van der Waals surface area contributed by atoms with Gasteiger partial charge in [-0.3, -0.25) is 4.99 Å². The Kier molecular flexibility index (Phi) is 6.02. The summed E-state index contributed by atoms with van der Waals surface area (Å²) in [5.41, 5.74) is 0.464. The Balaban J connectivity index is 1.62. The number of hydrogen-bond donors (Lipinski definition) is 1. The second-order valence-electron chi connectivity index (χ2n) is 5.95. The maximum Gasteiger partial charge on any atom is 0.156 e. The largest absolute Gasteiger partial charge is 0.365 e. The van der Waals surface area contributed by atoms with E-state index in [-0.39, 0.29) is 0 Å². The van der Waals surface area contributed by atoms with Crippen molar-refractivity contribution in [3.05, 3.63) is 0 Å². The van der Waals surface area contributed by atoms with Crippen LogP contribution in [0.15, 0.2) is 4.99 Å². The highest BCUT2D eigenvalue weighted by atomic mass is 32.2. The molecule has 0 bridgehead atoms. The molecular formula is C15H29N3S. The molecule has 19 heavy (non-hydrogen) atoms. The number of thioether (sulfide) groups is 1. The topological polar surface area (TPSA) is 27.6 Å². The van der Waals surface area contributed by atoms with Crippen molar-refractivity contribution in [2.75, 3.05) is 38.5 Å². The fourth-order valence-electron chi connectivity index (χ4n) is 2.84. The molecule has 0 spiro atoms. The first-order valence-corrected chi connectivity index (χ1v) is 8.90. The van der Waals surface area contributed by atoms with Crippen LogP contribution >= 0.6 is 11.8 Å². The predicted octanol–water partition coefficient (Wildman–Crippen LogP) is 2.97. The summed E-state index contributed by atoms with van der Waals surface area (Å²) in [5.74, 6) is 1.23. The fraction of sp³-hybridized carbons (Fsp3) is 0.933. The van der Waals surface area contributed by atoms with Gasteiger partial charge in [-0.1, -0.05) is 25.6 Å². The van der Waals surface area contributed by atoms with E-state index in [2.05, 4.69) is 24.1 Å². The van der Waals surface area contributed by atoms with E-state index in [1.807, 2.05) is 11.8 Å². The molecule has 0 saturated carbocycles. The first-order valence-electron chi connectivity index (χ1n) is 7.91. The Morgan fingerprint density at radius 2 is 2.00 bits per heavy atom. The molecular weight excluding hydrogens is 254 g/mol. The van der Waals surface area contributed by atoms with Crippen molar-refractivity contribution in [1.29, 1.82) is 0 Å². The molecule has 0 unspecified atom stereocenters. The molecule has 2 rings (SSSR count). The molecule has 0 aliphatic carbocycles. The lowest BCUT2D eigenvalue weighted by molar-refractivity contribution is 0.317. The summed E-state index contributed by atoms with van der Waals surface area (Å²) in [6, 6.07) is 0. The predicted molar refractivity (Wildman–Crippen MR) is 86.1 cm³/mol. The van der Waals surface area contributed by atoms with Gasteiger partial charge in [-0.25, -0.2) is 0 Å². The van der Waals surface area contributed by atoms with E-state index < -0.39 is 0 Å². The highest BCUT2D eigenvalue weighted by Gasteiger charge is 2.29. The maximum absolute atomic E-state index is 4.75. The van der Waals surface area contributed by atoms with Gasteiger partial charge in [-0.2, -0.15) is 0 Å². The van der Waals surface area contributed by atoms with Gasteiger partial charge in [0, 0.05) is 18.8 Å². The normalized spacial score (nSPS) is 23.4. The Hall–Kier alpha value is -0.220. The maximum atomic E-state index is 4.75. The van der Waals surface area contributed by atoms with E-state index in [1.54, 1.807) is 0 Å². The first-order chi connectivity index (χ1) is 9.28. The molecule has 0 radical (unpaired) electrons. The number of aliphatic imine (C=N–C) groups is 1. The molecule has 3 nitrogen and oxygen atoms in total. The van der Waals surface area contributed by atoms with E-state index >= 15 is 0 Å². The van der Waals surface area contributed by atoms with Gasteiger partial charge in [0.15, 0.2) is 5.17 Å². The van der Waals surface area contributed by atoms with Crippen LogP contribution in [-0.4, -0.2) is 48.5 Å². The lowest BCUT2D eigenvalue weighted by Gasteiger charge is -2.33. The van der Waals surface area contributed by atoms with Crippen LogP contribution in [0.2, 0.25) is 0 Å². The van der Waals surface area contributed by atoms with E-state index in [4.69, 9.17) is 4.99 Å². The summed E-state index contributed by atoms with van der Waals surface area (Å²) in [6.45, 7) is 10.6. The average Bonchev–Trinajstić information content (AvgIpc) is 2.98. The molecule has 1 saturated heterocycles. The molecule has 0 atom stereocenters. The molecule has 0 aromatic heterocycles. The van der Waals surface area contributed by atoms with Gasteiger partial charge in [-0.05, 0) is 57.2 Å². The third-order valence-corrected chi connectivity index (χ3v) is 6.00. The molecule has 110 valence electrons. The lowest BCUT2D eigenvalue weighted by Crippen LogP contribution is -2.35. The van der Waals surface area contributed by atoms with Crippen LogP contribution in [0.3, 0.4) is 0 Å². The van der Waals surface area contributed by atoms with Crippen molar-refractivity contribution in [1.82, 2.24) is 10.2 Å². The highest BCUT2D eigenvalue weighted by Crippen LogP contribution is 2.34. The number of amidine groups is 1. The van der Waals surface area contributed by atoms with E-state index in [0.29, 0.717) is 5.41 Å². The Labute approximate surface area is 122 Å². The summed E-state index contributed by atoms with van der Waals surface area (Å²) in [6.07, 6.45) is 6.54. The van der Waals surface area contributed by atoms with E-state index in [1.165, 1.54) is 62.7 Å². The molecule has 1 N–H and O–H groups in total. The van der Waals surface area contributed by atoms with Crippen molar-refractivity contribution < 1.29 is 0 Å². The molecule has 0 aromatic carbocycles. The van der Waals surface area contributed by atoms with Crippen molar-refractivity contribution in [3.63, 3.8) is 0 Å². The van der Waals surface area contributed by atoms with Gasteiger partial charge < -0.3 is 10.2 Å². The zero-order valence-electron chi connectivity index (χ0n) is 12.6. The first kappa shape index (κ1) is 15.2. The third kappa shape index (κ3) is 4.38. The molecule has 1 fully saturated rings. The summed E-state index contributed by atoms with van der Waals surface area (Å²) in [4.78, 5) is 7.33. The van der Waals surface area contributed by atoms with Gasteiger partial charge in [-0.15, -0.1) is 0 Å². The quantitative estimate of drug-likeness (QED) is 0.760. The zero-order valence-corrected chi connectivity index (χ0v) is 13.4. The number of likely N-dealkylation sites (tertiary alicyclic amines) is 1. The fourth-order valence-corrected chi connectivity index (χ4v) is 4.14. The second kappa shape index (κ2) is 7.53. The van der Waals surface area contributed by atoms with Gasteiger partial charge >= 0.3 is 0 Å². The van der Waals surface area contributed by atoms with Gasteiger partial charge in [0.2, 0.25) is 0 Å². The molecule has 2 heterocycles. The monoisotopic (exact) mass is 283 g/mol. The van der Waals surface area contributed by atoms with E-state index in [0.717, 1.165) is 13.1 Å². The van der Waals surface area contributed by atoms with Crippen LogP contribution in [0.1, 0.15) is 46.0 Å². The summed E-state index contributed by atoms with van der Waals surface area (Å²) < 4.78 is 0. The molecule has 0 aromatic rings. The summed E-state index contributed by atoms with van der Waals surface area (Å²) in [7, 11) is 0.